The quantitative estimate of drug-likeness (QED) is 0.247. The summed E-state index contributed by atoms with van der Waals surface area (Å²) in [6.07, 6.45) is 2.38. The standard InChI is InChI=1S/C31H37N3/c1-5-7-20-33(22-28-19-18-24(3)21-25(28)4)23-29-30(26-14-10-8-11-15-26)32-31(34(29)6-2)27-16-12-9-13-17-27/h8-19,21H,5-7,20,22-23H2,1-4H3. The van der Waals surface area contributed by atoms with E-state index in [0.717, 1.165) is 37.7 Å². The highest BCUT2D eigenvalue weighted by Crippen LogP contribution is 2.31. The van der Waals surface area contributed by atoms with Gasteiger partial charge in [0.25, 0.3) is 0 Å². The summed E-state index contributed by atoms with van der Waals surface area (Å²) in [5, 5.41) is 0. The highest BCUT2D eigenvalue weighted by molar-refractivity contribution is 5.68. The normalized spacial score (nSPS) is 11.3. The third-order valence-electron chi connectivity index (χ3n) is 6.56. The van der Waals surface area contributed by atoms with Gasteiger partial charge in [0.15, 0.2) is 0 Å². The van der Waals surface area contributed by atoms with E-state index in [1.54, 1.807) is 0 Å². The lowest BCUT2D eigenvalue weighted by molar-refractivity contribution is 0.246. The molecule has 0 bridgehead atoms. The maximum atomic E-state index is 5.23. The lowest BCUT2D eigenvalue weighted by Crippen LogP contribution is -2.26. The molecule has 0 N–H and O–H groups in total. The molecule has 1 aromatic heterocycles. The van der Waals surface area contributed by atoms with E-state index in [9.17, 15) is 0 Å². The van der Waals surface area contributed by atoms with Gasteiger partial charge < -0.3 is 4.57 Å². The van der Waals surface area contributed by atoms with Crippen molar-refractivity contribution < 1.29 is 0 Å². The van der Waals surface area contributed by atoms with Crippen molar-refractivity contribution in [2.75, 3.05) is 6.54 Å². The fourth-order valence-corrected chi connectivity index (χ4v) is 4.69. The first-order chi connectivity index (χ1) is 16.6. The van der Waals surface area contributed by atoms with E-state index in [1.807, 2.05) is 0 Å². The maximum absolute atomic E-state index is 5.23. The first-order valence-electron chi connectivity index (χ1n) is 12.6. The van der Waals surface area contributed by atoms with Gasteiger partial charge in [0.2, 0.25) is 0 Å². The zero-order valence-corrected chi connectivity index (χ0v) is 21.1. The minimum absolute atomic E-state index is 0.880. The second kappa shape index (κ2) is 11.3. The molecule has 0 saturated heterocycles. The molecule has 3 aromatic carbocycles. The van der Waals surface area contributed by atoms with E-state index < -0.39 is 0 Å². The van der Waals surface area contributed by atoms with Gasteiger partial charge in [-0.05, 0) is 44.9 Å². The van der Waals surface area contributed by atoms with E-state index in [-0.39, 0.29) is 0 Å². The van der Waals surface area contributed by atoms with Crippen molar-refractivity contribution in [3.8, 4) is 22.6 Å². The SMILES string of the molecule is CCCCN(Cc1ccc(C)cc1C)Cc1c(-c2ccccc2)nc(-c2ccccc2)n1CC. The number of rotatable bonds is 10. The number of imidazole rings is 1. The molecule has 0 aliphatic heterocycles. The average Bonchev–Trinajstić information content (AvgIpc) is 3.23. The largest absolute Gasteiger partial charge is 0.327 e. The number of aryl methyl sites for hydroxylation is 2. The number of hydrogen-bond donors (Lipinski definition) is 0. The van der Waals surface area contributed by atoms with Crippen molar-refractivity contribution >= 4 is 0 Å². The molecule has 176 valence electrons. The number of nitrogens with zero attached hydrogens (tertiary/aromatic N) is 3. The van der Waals surface area contributed by atoms with E-state index in [1.165, 1.54) is 46.4 Å². The molecule has 0 amide bonds. The van der Waals surface area contributed by atoms with Gasteiger partial charge in [0, 0.05) is 30.8 Å². The van der Waals surface area contributed by atoms with Crippen LogP contribution in [0.15, 0.2) is 78.9 Å². The van der Waals surface area contributed by atoms with Gasteiger partial charge in [0.05, 0.1) is 11.4 Å². The third kappa shape index (κ3) is 5.48. The molecule has 0 fully saturated rings. The Bertz CT molecular complexity index is 1190. The Labute approximate surface area is 205 Å². The molecular weight excluding hydrogens is 414 g/mol. The highest BCUT2D eigenvalue weighted by Gasteiger charge is 2.21. The van der Waals surface area contributed by atoms with Crippen LogP contribution in [0.2, 0.25) is 0 Å². The van der Waals surface area contributed by atoms with Gasteiger partial charge >= 0.3 is 0 Å². The zero-order chi connectivity index (χ0) is 23.9. The molecule has 0 unspecified atom stereocenters. The van der Waals surface area contributed by atoms with Gasteiger partial charge in [-0.2, -0.15) is 0 Å². The molecule has 0 aliphatic carbocycles. The van der Waals surface area contributed by atoms with Crippen LogP contribution in [0.25, 0.3) is 22.6 Å². The van der Waals surface area contributed by atoms with Crippen molar-refractivity contribution in [2.45, 2.75) is 60.2 Å². The van der Waals surface area contributed by atoms with Crippen LogP contribution in [0, 0.1) is 13.8 Å². The minimum Gasteiger partial charge on any atom is -0.327 e. The molecule has 0 atom stereocenters. The van der Waals surface area contributed by atoms with E-state index in [4.69, 9.17) is 4.98 Å². The molecule has 0 saturated carbocycles. The Hall–Kier alpha value is -3.17. The average molecular weight is 452 g/mol. The summed E-state index contributed by atoms with van der Waals surface area (Å²) in [6, 6.07) is 28.1. The number of unbranched alkanes of at least 4 members (excludes halogenated alkanes) is 1. The Morgan fingerprint density at radius 3 is 2.09 bits per heavy atom. The summed E-state index contributed by atoms with van der Waals surface area (Å²) in [4.78, 5) is 7.83. The topological polar surface area (TPSA) is 21.1 Å². The van der Waals surface area contributed by atoms with Crippen LogP contribution >= 0.6 is 0 Å². The molecule has 4 aromatic rings. The molecule has 0 aliphatic rings. The summed E-state index contributed by atoms with van der Waals surface area (Å²) in [6.45, 7) is 12.7. The van der Waals surface area contributed by atoms with Gasteiger partial charge in [-0.15, -0.1) is 0 Å². The Balaban J connectivity index is 1.77. The van der Waals surface area contributed by atoms with Crippen molar-refractivity contribution in [2.24, 2.45) is 0 Å². The van der Waals surface area contributed by atoms with Crippen LogP contribution in [0.3, 0.4) is 0 Å². The van der Waals surface area contributed by atoms with Gasteiger partial charge in [-0.1, -0.05) is 97.8 Å². The Kier molecular flexibility index (Phi) is 7.97. The van der Waals surface area contributed by atoms with Crippen LogP contribution in [0.5, 0.6) is 0 Å². The van der Waals surface area contributed by atoms with Crippen molar-refractivity contribution in [3.05, 3.63) is 101 Å². The van der Waals surface area contributed by atoms with Crippen LogP contribution in [0.1, 0.15) is 49.1 Å². The van der Waals surface area contributed by atoms with Crippen molar-refractivity contribution in [3.63, 3.8) is 0 Å². The fraction of sp³-hybridized carbons (Fsp3) is 0.323. The van der Waals surface area contributed by atoms with Crippen molar-refractivity contribution in [1.29, 1.82) is 0 Å². The van der Waals surface area contributed by atoms with E-state index in [0.29, 0.717) is 0 Å². The third-order valence-corrected chi connectivity index (χ3v) is 6.56. The predicted octanol–water partition coefficient (Wildman–Crippen LogP) is 7.66. The van der Waals surface area contributed by atoms with Gasteiger partial charge in [-0.25, -0.2) is 4.98 Å². The van der Waals surface area contributed by atoms with Crippen molar-refractivity contribution in [1.82, 2.24) is 14.5 Å². The van der Waals surface area contributed by atoms with Crippen LogP contribution < -0.4 is 0 Å². The second-order valence-corrected chi connectivity index (χ2v) is 9.20. The van der Waals surface area contributed by atoms with Crippen LogP contribution in [-0.4, -0.2) is 21.0 Å². The summed E-state index contributed by atoms with van der Waals surface area (Å²) in [5.41, 5.74) is 8.86. The second-order valence-electron chi connectivity index (χ2n) is 9.20. The molecule has 0 radical (unpaired) electrons. The Morgan fingerprint density at radius 1 is 0.794 bits per heavy atom. The van der Waals surface area contributed by atoms with Crippen LogP contribution in [0.4, 0.5) is 0 Å². The lowest BCUT2D eigenvalue weighted by atomic mass is 10.0. The number of aromatic nitrogens is 2. The van der Waals surface area contributed by atoms with Crippen LogP contribution in [-0.2, 0) is 19.6 Å². The number of hydrogen-bond acceptors (Lipinski definition) is 2. The Morgan fingerprint density at radius 2 is 1.47 bits per heavy atom. The zero-order valence-electron chi connectivity index (χ0n) is 21.1. The van der Waals surface area contributed by atoms with Gasteiger partial charge in [-0.3, -0.25) is 4.90 Å². The molecule has 4 rings (SSSR count). The summed E-state index contributed by atoms with van der Waals surface area (Å²) >= 11 is 0. The molecular formula is C31H37N3. The van der Waals surface area contributed by atoms with E-state index in [2.05, 4.69) is 116 Å². The first-order valence-corrected chi connectivity index (χ1v) is 12.6. The first kappa shape index (κ1) is 24.0. The van der Waals surface area contributed by atoms with Gasteiger partial charge in [0.1, 0.15) is 5.82 Å². The highest BCUT2D eigenvalue weighted by atomic mass is 15.2. The predicted molar refractivity (Wildman–Crippen MR) is 144 cm³/mol. The van der Waals surface area contributed by atoms with E-state index >= 15 is 0 Å². The summed E-state index contributed by atoms with van der Waals surface area (Å²) in [7, 11) is 0. The fourth-order valence-electron chi connectivity index (χ4n) is 4.69. The smallest absolute Gasteiger partial charge is 0.140 e. The lowest BCUT2D eigenvalue weighted by Gasteiger charge is -2.25. The monoisotopic (exact) mass is 451 g/mol. The molecule has 3 heteroatoms. The molecule has 1 heterocycles. The minimum atomic E-state index is 0.880. The maximum Gasteiger partial charge on any atom is 0.140 e. The molecule has 0 spiro atoms. The molecule has 3 nitrogen and oxygen atoms in total. The number of benzene rings is 3. The molecule has 34 heavy (non-hydrogen) atoms. The summed E-state index contributed by atoms with van der Waals surface area (Å²) < 4.78 is 2.42. The summed E-state index contributed by atoms with van der Waals surface area (Å²) in [5.74, 6) is 1.05.